The third-order valence-electron chi connectivity index (χ3n) is 2.54. The second-order valence-corrected chi connectivity index (χ2v) is 4.54. The third-order valence-corrected chi connectivity index (χ3v) is 2.79. The number of hydrogen-bond acceptors (Lipinski definition) is 5. The van der Waals surface area contributed by atoms with Gasteiger partial charge >= 0.3 is 0 Å². The van der Waals surface area contributed by atoms with Crippen molar-refractivity contribution in [1.82, 2.24) is 30.8 Å². The molecule has 1 amide bonds. The summed E-state index contributed by atoms with van der Waals surface area (Å²) in [4.78, 5) is 12.9. The van der Waals surface area contributed by atoms with Gasteiger partial charge in [-0.3, -0.25) is 4.79 Å². The number of nitrogens with one attached hydrogen (secondary N) is 2. The molecule has 0 atom stereocenters. The molecule has 0 bridgehead atoms. The molecule has 0 saturated carbocycles. The van der Waals surface area contributed by atoms with Crippen molar-refractivity contribution in [3.63, 3.8) is 0 Å². The van der Waals surface area contributed by atoms with Crippen LogP contribution in [-0.4, -0.2) is 46.3 Å². The third kappa shape index (κ3) is 5.30. The lowest BCUT2D eigenvalue weighted by Gasteiger charge is -2.02. The summed E-state index contributed by atoms with van der Waals surface area (Å²) in [6, 6.07) is 7.11. The monoisotopic (exact) mass is 330 g/mol. The normalized spacial score (nSPS) is 10.0. The highest BCUT2D eigenvalue weighted by molar-refractivity contribution is 6.30. The maximum absolute atomic E-state index is 11.6. The molecule has 1 aromatic carbocycles. The molecule has 1 heterocycles. The number of halogens is 2. The Kier molecular flexibility index (Phi) is 7.07. The summed E-state index contributed by atoms with van der Waals surface area (Å²) >= 11 is 5.81. The van der Waals surface area contributed by atoms with Crippen LogP contribution in [0.25, 0.3) is 11.4 Å². The van der Waals surface area contributed by atoms with Crippen LogP contribution in [0.4, 0.5) is 0 Å². The fourth-order valence-electron chi connectivity index (χ4n) is 1.54. The number of carbonyl (C=O) groups is 1. The van der Waals surface area contributed by atoms with E-state index in [1.165, 1.54) is 4.80 Å². The highest BCUT2D eigenvalue weighted by atomic mass is 35.5. The van der Waals surface area contributed by atoms with Crippen molar-refractivity contribution < 1.29 is 4.79 Å². The number of rotatable bonds is 6. The Bertz CT molecular complexity index is 571. The van der Waals surface area contributed by atoms with Crippen LogP contribution in [-0.2, 0) is 11.3 Å². The molecule has 0 aliphatic heterocycles. The van der Waals surface area contributed by atoms with Gasteiger partial charge in [-0.15, -0.1) is 22.6 Å². The maximum Gasteiger partial charge on any atom is 0.243 e. The summed E-state index contributed by atoms with van der Waals surface area (Å²) in [6.07, 6.45) is 0. The first-order valence-corrected chi connectivity index (χ1v) is 6.52. The summed E-state index contributed by atoms with van der Waals surface area (Å²) in [5.74, 6) is 0.310. The van der Waals surface area contributed by atoms with E-state index in [4.69, 9.17) is 11.6 Å². The van der Waals surface area contributed by atoms with E-state index in [1.54, 1.807) is 24.3 Å². The van der Waals surface area contributed by atoms with Gasteiger partial charge in [0.1, 0.15) is 6.54 Å². The maximum atomic E-state index is 11.6. The Morgan fingerprint density at radius 2 is 2.00 bits per heavy atom. The molecule has 0 spiro atoms. The van der Waals surface area contributed by atoms with E-state index in [-0.39, 0.29) is 24.9 Å². The van der Waals surface area contributed by atoms with E-state index in [1.807, 2.05) is 7.05 Å². The Morgan fingerprint density at radius 3 is 2.67 bits per heavy atom. The standard InChI is InChI=1S/C12H15ClN6O.ClH/c1-14-6-7-15-11(20)8-19-17-12(16-18-19)9-2-4-10(13)5-3-9;/h2-5,14H,6-8H2,1H3,(H,15,20);1H. The molecule has 2 rings (SSSR count). The van der Waals surface area contributed by atoms with Crippen molar-refractivity contribution in [3.05, 3.63) is 29.3 Å². The van der Waals surface area contributed by atoms with Crippen LogP contribution in [0.15, 0.2) is 24.3 Å². The number of tetrazole rings is 1. The van der Waals surface area contributed by atoms with Crippen LogP contribution in [0.1, 0.15) is 0 Å². The summed E-state index contributed by atoms with van der Waals surface area (Å²) in [5, 5.41) is 18.2. The quantitative estimate of drug-likeness (QED) is 0.763. The molecule has 9 heteroatoms. The van der Waals surface area contributed by atoms with E-state index in [0.717, 1.165) is 5.56 Å². The second-order valence-electron chi connectivity index (χ2n) is 4.10. The fraction of sp³-hybridized carbons (Fsp3) is 0.333. The Hall–Kier alpha value is -1.70. The lowest BCUT2D eigenvalue weighted by molar-refractivity contribution is -0.122. The van der Waals surface area contributed by atoms with Gasteiger partial charge in [-0.2, -0.15) is 4.80 Å². The minimum atomic E-state index is -0.152. The zero-order chi connectivity index (χ0) is 14.4. The van der Waals surface area contributed by atoms with Gasteiger partial charge in [0.05, 0.1) is 0 Å². The van der Waals surface area contributed by atoms with Crippen LogP contribution in [0.5, 0.6) is 0 Å². The van der Waals surface area contributed by atoms with Crippen molar-refractivity contribution in [2.75, 3.05) is 20.1 Å². The van der Waals surface area contributed by atoms with Crippen molar-refractivity contribution in [2.45, 2.75) is 6.54 Å². The Labute approximate surface area is 133 Å². The zero-order valence-corrected chi connectivity index (χ0v) is 13.0. The van der Waals surface area contributed by atoms with Crippen LogP contribution in [0.3, 0.4) is 0 Å². The molecule has 0 unspecified atom stereocenters. The number of aromatic nitrogens is 4. The second kappa shape index (κ2) is 8.56. The number of likely N-dealkylation sites (N-methyl/N-ethyl adjacent to an activating group) is 1. The SMILES string of the molecule is CNCCNC(=O)Cn1nnc(-c2ccc(Cl)cc2)n1.Cl. The van der Waals surface area contributed by atoms with Crippen LogP contribution in [0, 0.1) is 0 Å². The van der Waals surface area contributed by atoms with Gasteiger partial charge < -0.3 is 10.6 Å². The Balaban J connectivity index is 0.00000220. The average Bonchev–Trinajstić information content (AvgIpc) is 2.88. The largest absolute Gasteiger partial charge is 0.353 e. The van der Waals surface area contributed by atoms with Gasteiger partial charge in [0.2, 0.25) is 11.7 Å². The van der Waals surface area contributed by atoms with Gasteiger partial charge in [0, 0.05) is 23.7 Å². The number of nitrogens with zero attached hydrogens (tertiary/aromatic N) is 4. The van der Waals surface area contributed by atoms with E-state index in [9.17, 15) is 4.79 Å². The van der Waals surface area contributed by atoms with Crippen LogP contribution in [0.2, 0.25) is 5.02 Å². The lowest BCUT2D eigenvalue weighted by Crippen LogP contribution is -2.33. The van der Waals surface area contributed by atoms with Crippen LogP contribution < -0.4 is 10.6 Å². The minimum Gasteiger partial charge on any atom is -0.353 e. The molecular formula is C12H16Cl2N6O. The summed E-state index contributed by atoms with van der Waals surface area (Å²) in [7, 11) is 1.82. The minimum absolute atomic E-state index is 0. The van der Waals surface area contributed by atoms with Crippen molar-refractivity contribution >= 4 is 29.9 Å². The first-order chi connectivity index (χ1) is 9.69. The molecule has 0 aliphatic carbocycles. The van der Waals surface area contributed by atoms with E-state index >= 15 is 0 Å². The molecule has 2 N–H and O–H groups in total. The zero-order valence-electron chi connectivity index (χ0n) is 11.4. The molecule has 0 radical (unpaired) electrons. The summed E-state index contributed by atoms with van der Waals surface area (Å²) < 4.78 is 0. The molecule has 0 saturated heterocycles. The predicted molar refractivity (Wildman–Crippen MR) is 82.4 cm³/mol. The fourth-order valence-corrected chi connectivity index (χ4v) is 1.66. The molecule has 1 aromatic heterocycles. The van der Waals surface area contributed by atoms with Gasteiger partial charge in [-0.25, -0.2) is 0 Å². The Morgan fingerprint density at radius 1 is 1.29 bits per heavy atom. The first-order valence-electron chi connectivity index (χ1n) is 6.14. The number of amides is 1. The summed E-state index contributed by atoms with van der Waals surface area (Å²) in [5.41, 5.74) is 0.802. The lowest BCUT2D eigenvalue weighted by atomic mass is 10.2. The average molecular weight is 331 g/mol. The molecule has 114 valence electrons. The van der Waals surface area contributed by atoms with Crippen molar-refractivity contribution in [1.29, 1.82) is 0 Å². The predicted octanol–water partition coefficient (Wildman–Crippen LogP) is 0.751. The molecular weight excluding hydrogens is 315 g/mol. The van der Waals surface area contributed by atoms with E-state index in [0.29, 0.717) is 23.9 Å². The smallest absolute Gasteiger partial charge is 0.243 e. The van der Waals surface area contributed by atoms with Crippen molar-refractivity contribution in [3.8, 4) is 11.4 Å². The molecule has 7 nitrogen and oxygen atoms in total. The number of carbonyl (C=O) groups excluding carboxylic acids is 1. The topological polar surface area (TPSA) is 84.7 Å². The van der Waals surface area contributed by atoms with Gasteiger partial charge in [-0.05, 0) is 36.5 Å². The van der Waals surface area contributed by atoms with Gasteiger partial charge in [0.15, 0.2) is 0 Å². The van der Waals surface area contributed by atoms with E-state index in [2.05, 4.69) is 26.0 Å². The van der Waals surface area contributed by atoms with E-state index < -0.39 is 0 Å². The molecule has 2 aromatic rings. The number of benzene rings is 1. The number of hydrogen-bond donors (Lipinski definition) is 2. The van der Waals surface area contributed by atoms with Crippen LogP contribution >= 0.6 is 24.0 Å². The molecule has 0 fully saturated rings. The molecule has 0 aliphatic rings. The van der Waals surface area contributed by atoms with Gasteiger partial charge in [-0.1, -0.05) is 11.6 Å². The summed E-state index contributed by atoms with van der Waals surface area (Å²) in [6.45, 7) is 1.32. The first kappa shape index (κ1) is 17.4. The van der Waals surface area contributed by atoms with Gasteiger partial charge in [0.25, 0.3) is 0 Å². The highest BCUT2D eigenvalue weighted by Gasteiger charge is 2.08. The molecule has 21 heavy (non-hydrogen) atoms. The van der Waals surface area contributed by atoms with Crippen molar-refractivity contribution in [2.24, 2.45) is 0 Å². The highest BCUT2D eigenvalue weighted by Crippen LogP contribution is 2.16.